The summed E-state index contributed by atoms with van der Waals surface area (Å²) in [5.74, 6) is 0.718. The van der Waals surface area contributed by atoms with E-state index in [1.165, 1.54) is 0 Å². The molecule has 1 saturated heterocycles. The van der Waals surface area contributed by atoms with Crippen molar-refractivity contribution in [1.29, 1.82) is 0 Å². The molecule has 0 aliphatic carbocycles. The van der Waals surface area contributed by atoms with Gasteiger partial charge in [0.15, 0.2) is 0 Å². The summed E-state index contributed by atoms with van der Waals surface area (Å²) in [6.07, 6.45) is 3.30. The molecular formula is C12H18N2O3. The van der Waals surface area contributed by atoms with Crippen molar-refractivity contribution in [1.82, 2.24) is 9.88 Å². The lowest BCUT2D eigenvalue weighted by Crippen LogP contribution is -2.38. The summed E-state index contributed by atoms with van der Waals surface area (Å²) in [6.45, 7) is 5.00. The molecule has 1 aromatic heterocycles. The van der Waals surface area contributed by atoms with Gasteiger partial charge in [0.2, 0.25) is 0 Å². The van der Waals surface area contributed by atoms with Crippen LogP contribution in [0.25, 0.3) is 0 Å². The molecule has 17 heavy (non-hydrogen) atoms. The van der Waals surface area contributed by atoms with E-state index in [-0.39, 0.29) is 6.61 Å². The smallest absolute Gasteiger partial charge is 0.127 e. The Bertz CT molecular complexity index is 340. The van der Waals surface area contributed by atoms with Crippen molar-refractivity contribution in [2.45, 2.75) is 6.61 Å². The molecule has 2 rings (SSSR count). The van der Waals surface area contributed by atoms with E-state index in [1.807, 2.05) is 0 Å². The number of morpholine rings is 1. The summed E-state index contributed by atoms with van der Waals surface area (Å²) in [5, 5.41) is 9.12. The Morgan fingerprint density at radius 3 is 3.00 bits per heavy atom. The molecule has 0 amide bonds. The Morgan fingerprint density at radius 1 is 1.41 bits per heavy atom. The van der Waals surface area contributed by atoms with Gasteiger partial charge in [0.25, 0.3) is 0 Å². The summed E-state index contributed by atoms with van der Waals surface area (Å²) in [4.78, 5) is 6.26. The standard InChI is InChI=1S/C12H18N2O3/c15-10-11-9-13-2-1-12(11)17-8-5-14-3-6-16-7-4-14/h1-2,9,15H,3-8,10H2. The Kier molecular flexibility index (Phi) is 4.73. The maximum atomic E-state index is 9.12. The fourth-order valence-electron chi connectivity index (χ4n) is 1.78. The highest BCUT2D eigenvalue weighted by Crippen LogP contribution is 2.16. The van der Waals surface area contributed by atoms with Crippen LogP contribution in [0.15, 0.2) is 18.5 Å². The summed E-state index contributed by atoms with van der Waals surface area (Å²) in [7, 11) is 0. The second kappa shape index (κ2) is 6.54. The van der Waals surface area contributed by atoms with Crippen molar-refractivity contribution in [2.24, 2.45) is 0 Å². The second-order valence-electron chi connectivity index (χ2n) is 3.94. The van der Waals surface area contributed by atoms with Crippen LogP contribution in [0.4, 0.5) is 0 Å². The van der Waals surface area contributed by atoms with E-state index in [2.05, 4.69) is 9.88 Å². The molecule has 0 bridgehead atoms. The van der Waals surface area contributed by atoms with Crippen LogP contribution in [0.5, 0.6) is 5.75 Å². The lowest BCUT2D eigenvalue weighted by atomic mass is 10.3. The number of hydrogen-bond acceptors (Lipinski definition) is 5. The van der Waals surface area contributed by atoms with Gasteiger partial charge >= 0.3 is 0 Å². The zero-order valence-electron chi connectivity index (χ0n) is 9.84. The van der Waals surface area contributed by atoms with Crippen LogP contribution in [-0.4, -0.2) is 54.4 Å². The zero-order chi connectivity index (χ0) is 11.9. The van der Waals surface area contributed by atoms with Crippen molar-refractivity contribution in [2.75, 3.05) is 39.5 Å². The van der Waals surface area contributed by atoms with Gasteiger partial charge in [-0.15, -0.1) is 0 Å². The minimum absolute atomic E-state index is 0.0409. The minimum Gasteiger partial charge on any atom is -0.492 e. The molecular weight excluding hydrogens is 220 g/mol. The van der Waals surface area contributed by atoms with Crippen LogP contribution in [-0.2, 0) is 11.3 Å². The monoisotopic (exact) mass is 238 g/mol. The van der Waals surface area contributed by atoms with Crippen molar-refractivity contribution in [3.8, 4) is 5.75 Å². The molecule has 0 saturated carbocycles. The van der Waals surface area contributed by atoms with Crippen molar-refractivity contribution >= 4 is 0 Å². The highest BCUT2D eigenvalue weighted by atomic mass is 16.5. The van der Waals surface area contributed by atoms with Crippen molar-refractivity contribution < 1.29 is 14.6 Å². The average molecular weight is 238 g/mol. The molecule has 1 N–H and O–H groups in total. The van der Waals surface area contributed by atoms with Crippen LogP contribution in [0.2, 0.25) is 0 Å². The Hall–Kier alpha value is -1.17. The Labute approximate surface area is 101 Å². The molecule has 0 spiro atoms. The summed E-state index contributed by atoms with van der Waals surface area (Å²) < 4.78 is 10.9. The maximum Gasteiger partial charge on any atom is 0.127 e. The molecule has 0 atom stereocenters. The molecule has 1 aliphatic heterocycles. The maximum absolute atomic E-state index is 9.12. The highest BCUT2D eigenvalue weighted by Gasteiger charge is 2.10. The number of hydrogen-bond donors (Lipinski definition) is 1. The molecule has 1 aromatic rings. The van der Waals surface area contributed by atoms with Gasteiger partial charge in [0, 0.05) is 37.6 Å². The van der Waals surface area contributed by atoms with E-state index in [0.29, 0.717) is 6.61 Å². The molecule has 0 aromatic carbocycles. The minimum atomic E-state index is -0.0409. The van der Waals surface area contributed by atoms with Gasteiger partial charge in [0.1, 0.15) is 12.4 Å². The van der Waals surface area contributed by atoms with Gasteiger partial charge < -0.3 is 14.6 Å². The fourth-order valence-corrected chi connectivity index (χ4v) is 1.78. The zero-order valence-corrected chi connectivity index (χ0v) is 9.84. The number of nitrogens with zero attached hydrogens (tertiary/aromatic N) is 2. The molecule has 94 valence electrons. The molecule has 1 aliphatic rings. The number of aliphatic hydroxyl groups excluding tert-OH is 1. The van der Waals surface area contributed by atoms with Gasteiger partial charge in [-0.05, 0) is 6.07 Å². The van der Waals surface area contributed by atoms with Crippen molar-refractivity contribution in [3.05, 3.63) is 24.0 Å². The van der Waals surface area contributed by atoms with E-state index in [1.54, 1.807) is 18.5 Å². The number of rotatable bonds is 5. The largest absolute Gasteiger partial charge is 0.492 e. The van der Waals surface area contributed by atoms with Crippen molar-refractivity contribution in [3.63, 3.8) is 0 Å². The van der Waals surface area contributed by atoms with E-state index in [9.17, 15) is 0 Å². The lowest BCUT2D eigenvalue weighted by molar-refractivity contribution is 0.0321. The number of aromatic nitrogens is 1. The lowest BCUT2D eigenvalue weighted by Gasteiger charge is -2.26. The summed E-state index contributed by atoms with van der Waals surface area (Å²) in [6, 6.07) is 1.78. The molecule has 1 fully saturated rings. The predicted molar refractivity (Wildman–Crippen MR) is 62.9 cm³/mol. The normalized spacial score (nSPS) is 17.0. The number of aliphatic hydroxyl groups is 1. The first kappa shape index (κ1) is 12.3. The highest BCUT2D eigenvalue weighted by molar-refractivity contribution is 5.29. The summed E-state index contributed by atoms with van der Waals surface area (Å²) in [5.41, 5.74) is 0.731. The average Bonchev–Trinajstić information content (AvgIpc) is 2.40. The van der Waals surface area contributed by atoms with E-state index in [0.717, 1.165) is 44.2 Å². The Balaban J connectivity index is 1.77. The van der Waals surface area contributed by atoms with Crippen LogP contribution in [0.3, 0.4) is 0 Å². The van der Waals surface area contributed by atoms with Crippen LogP contribution in [0.1, 0.15) is 5.56 Å². The first-order valence-corrected chi connectivity index (χ1v) is 5.87. The Morgan fingerprint density at radius 2 is 2.24 bits per heavy atom. The number of ether oxygens (including phenoxy) is 2. The second-order valence-corrected chi connectivity index (χ2v) is 3.94. The molecule has 2 heterocycles. The predicted octanol–water partition coefficient (Wildman–Crippen LogP) is 0.285. The van der Waals surface area contributed by atoms with Gasteiger partial charge in [-0.3, -0.25) is 9.88 Å². The quantitative estimate of drug-likeness (QED) is 0.799. The fraction of sp³-hybridized carbons (Fsp3) is 0.583. The topological polar surface area (TPSA) is 54.8 Å². The van der Waals surface area contributed by atoms with E-state index >= 15 is 0 Å². The van der Waals surface area contributed by atoms with Gasteiger partial charge in [-0.1, -0.05) is 0 Å². The molecule has 0 unspecified atom stereocenters. The third-order valence-electron chi connectivity index (χ3n) is 2.80. The van der Waals surface area contributed by atoms with E-state index in [4.69, 9.17) is 14.6 Å². The molecule has 5 nitrogen and oxygen atoms in total. The van der Waals surface area contributed by atoms with Gasteiger partial charge in [-0.25, -0.2) is 0 Å². The number of pyridine rings is 1. The third kappa shape index (κ3) is 3.66. The summed E-state index contributed by atoms with van der Waals surface area (Å²) >= 11 is 0. The van der Waals surface area contributed by atoms with Gasteiger partial charge in [-0.2, -0.15) is 0 Å². The van der Waals surface area contributed by atoms with Crippen LogP contribution < -0.4 is 4.74 Å². The molecule has 5 heteroatoms. The SMILES string of the molecule is OCc1cnccc1OCCN1CCOCC1. The first-order valence-electron chi connectivity index (χ1n) is 5.87. The first-order chi connectivity index (χ1) is 8.40. The van der Waals surface area contributed by atoms with Crippen LogP contribution in [0, 0.1) is 0 Å². The van der Waals surface area contributed by atoms with Gasteiger partial charge in [0.05, 0.1) is 19.8 Å². The molecule has 0 radical (unpaired) electrons. The van der Waals surface area contributed by atoms with E-state index < -0.39 is 0 Å². The van der Waals surface area contributed by atoms with Crippen LogP contribution >= 0.6 is 0 Å². The third-order valence-corrected chi connectivity index (χ3v) is 2.80.